The third-order valence-corrected chi connectivity index (χ3v) is 5.55. The highest BCUT2D eigenvalue weighted by molar-refractivity contribution is 7.16. The first kappa shape index (κ1) is 19.8. The van der Waals surface area contributed by atoms with Gasteiger partial charge in [-0.1, -0.05) is 49.4 Å². The number of benzene rings is 2. The van der Waals surface area contributed by atoms with Gasteiger partial charge in [0.1, 0.15) is 10.8 Å². The van der Waals surface area contributed by atoms with Gasteiger partial charge in [0.15, 0.2) is 0 Å². The monoisotopic (exact) mass is 397 g/mol. The highest BCUT2D eigenvalue weighted by Gasteiger charge is 2.23. The third kappa shape index (κ3) is 4.28. The van der Waals surface area contributed by atoms with Gasteiger partial charge in [-0.05, 0) is 30.7 Å². The summed E-state index contributed by atoms with van der Waals surface area (Å²) >= 11 is 1.29. The van der Waals surface area contributed by atoms with Gasteiger partial charge in [-0.25, -0.2) is 9.18 Å². The fourth-order valence-electron chi connectivity index (χ4n) is 2.80. The van der Waals surface area contributed by atoms with E-state index in [1.807, 2.05) is 37.3 Å². The second-order valence-electron chi connectivity index (χ2n) is 6.18. The van der Waals surface area contributed by atoms with Crippen LogP contribution in [0.2, 0.25) is 0 Å². The Morgan fingerprint density at radius 3 is 2.43 bits per heavy atom. The Morgan fingerprint density at radius 2 is 1.75 bits per heavy atom. The van der Waals surface area contributed by atoms with Gasteiger partial charge in [0.2, 0.25) is 0 Å². The summed E-state index contributed by atoms with van der Waals surface area (Å²) in [5.74, 6) is -1.72. The fraction of sp³-hybridized carbons (Fsp3) is 0.182. The van der Waals surface area contributed by atoms with Gasteiger partial charge in [0, 0.05) is 10.8 Å². The van der Waals surface area contributed by atoms with Gasteiger partial charge in [-0.2, -0.15) is 0 Å². The van der Waals surface area contributed by atoms with Gasteiger partial charge < -0.3 is 10.1 Å². The van der Waals surface area contributed by atoms with Crippen molar-refractivity contribution in [1.29, 1.82) is 0 Å². The molecule has 4 nitrogen and oxygen atoms in total. The molecule has 0 bridgehead atoms. The average Bonchev–Trinajstić information content (AvgIpc) is 3.12. The van der Waals surface area contributed by atoms with Crippen LogP contribution in [-0.2, 0) is 4.74 Å². The summed E-state index contributed by atoms with van der Waals surface area (Å²) in [6, 6.07) is 17.3. The lowest BCUT2D eigenvalue weighted by molar-refractivity contribution is 0.0528. The second kappa shape index (κ2) is 8.80. The summed E-state index contributed by atoms with van der Waals surface area (Å²) in [5.41, 5.74) is 1.28. The van der Waals surface area contributed by atoms with E-state index in [0.29, 0.717) is 5.00 Å². The maximum absolute atomic E-state index is 13.9. The zero-order valence-corrected chi connectivity index (χ0v) is 16.4. The molecule has 3 rings (SSSR count). The lowest BCUT2D eigenvalue weighted by Crippen LogP contribution is -2.15. The van der Waals surface area contributed by atoms with Gasteiger partial charge in [0.25, 0.3) is 5.91 Å². The molecule has 1 atom stereocenters. The largest absolute Gasteiger partial charge is 0.462 e. The van der Waals surface area contributed by atoms with Gasteiger partial charge in [-0.15, -0.1) is 11.3 Å². The second-order valence-corrected chi connectivity index (χ2v) is 7.26. The van der Waals surface area contributed by atoms with E-state index in [2.05, 4.69) is 5.32 Å². The van der Waals surface area contributed by atoms with Crippen LogP contribution < -0.4 is 5.32 Å². The van der Waals surface area contributed by atoms with Gasteiger partial charge >= 0.3 is 5.97 Å². The van der Waals surface area contributed by atoms with E-state index < -0.39 is 17.7 Å². The smallest absolute Gasteiger partial charge is 0.341 e. The first-order valence-corrected chi connectivity index (χ1v) is 9.74. The minimum Gasteiger partial charge on any atom is -0.462 e. The Balaban J connectivity index is 1.94. The van der Waals surface area contributed by atoms with Crippen molar-refractivity contribution in [2.45, 2.75) is 19.8 Å². The Morgan fingerprint density at radius 1 is 1.07 bits per heavy atom. The molecule has 0 aliphatic carbocycles. The Bertz CT molecular complexity index is 984. The molecule has 0 saturated carbocycles. The van der Waals surface area contributed by atoms with Crippen LogP contribution in [0.4, 0.5) is 9.39 Å². The number of ether oxygens (including phenoxy) is 1. The molecule has 1 aromatic heterocycles. The number of carbonyl (C=O) groups is 2. The molecular formula is C22H20FNO3S. The molecule has 1 heterocycles. The van der Waals surface area contributed by atoms with Gasteiger partial charge in [0.05, 0.1) is 17.7 Å². The molecule has 2 aromatic carbocycles. The van der Waals surface area contributed by atoms with Crippen molar-refractivity contribution in [2.75, 3.05) is 11.9 Å². The van der Waals surface area contributed by atoms with E-state index in [1.165, 1.54) is 29.5 Å². The van der Waals surface area contributed by atoms with Crippen molar-refractivity contribution in [1.82, 2.24) is 0 Å². The Labute approximate surface area is 167 Å². The Kier molecular flexibility index (Phi) is 6.21. The predicted octanol–water partition coefficient (Wildman–Crippen LogP) is 5.47. The van der Waals surface area contributed by atoms with Crippen LogP contribution in [-0.4, -0.2) is 18.5 Å². The number of carbonyl (C=O) groups excluding carboxylic acids is 2. The van der Waals surface area contributed by atoms with Gasteiger partial charge in [-0.3, -0.25) is 4.79 Å². The molecule has 28 heavy (non-hydrogen) atoms. The van der Waals surface area contributed by atoms with Crippen LogP contribution in [0.15, 0.2) is 60.7 Å². The molecular weight excluding hydrogens is 377 g/mol. The number of thiophene rings is 1. The SMILES string of the molecule is CCOC(=O)c1cc([C@@H](C)c2ccccc2)sc1NC(=O)c1ccccc1F. The van der Waals surface area contributed by atoms with Crippen LogP contribution in [0.1, 0.15) is 50.9 Å². The number of amides is 1. The molecule has 0 radical (unpaired) electrons. The van der Waals surface area contributed by atoms with E-state index >= 15 is 0 Å². The number of hydrogen-bond donors (Lipinski definition) is 1. The summed E-state index contributed by atoms with van der Waals surface area (Å²) in [7, 11) is 0. The number of esters is 1. The van der Waals surface area contributed by atoms with E-state index in [0.717, 1.165) is 10.4 Å². The third-order valence-electron chi connectivity index (χ3n) is 4.32. The van der Waals surface area contributed by atoms with Crippen LogP contribution in [0.3, 0.4) is 0 Å². The number of rotatable bonds is 6. The predicted molar refractivity (Wildman–Crippen MR) is 109 cm³/mol. The number of anilines is 1. The maximum atomic E-state index is 13.9. The highest BCUT2D eigenvalue weighted by Crippen LogP contribution is 2.36. The van der Waals surface area contributed by atoms with E-state index in [-0.39, 0.29) is 23.7 Å². The lowest BCUT2D eigenvalue weighted by atomic mass is 9.99. The van der Waals surface area contributed by atoms with Crippen LogP contribution >= 0.6 is 11.3 Å². The minimum absolute atomic E-state index is 0.0264. The van der Waals surface area contributed by atoms with Crippen LogP contribution in [0, 0.1) is 5.82 Å². The fourth-order valence-corrected chi connectivity index (χ4v) is 3.92. The zero-order chi connectivity index (χ0) is 20.1. The summed E-state index contributed by atoms with van der Waals surface area (Å²) < 4.78 is 19.0. The number of nitrogens with one attached hydrogen (secondary N) is 1. The standard InChI is InChI=1S/C22H20FNO3S/c1-3-27-22(26)17-13-19(14(2)15-9-5-4-6-10-15)28-21(17)24-20(25)16-11-7-8-12-18(16)23/h4-14H,3H2,1-2H3,(H,24,25)/t14-/m0/s1. The molecule has 0 fully saturated rings. The average molecular weight is 397 g/mol. The first-order valence-electron chi connectivity index (χ1n) is 8.93. The Hall–Kier alpha value is -2.99. The molecule has 1 N–H and O–H groups in total. The number of hydrogen-bond acceptors (Lipinski definition) is 4. The van der Waals surface area contributed by atoms with Crippen molar-refractivity contribution in [2.24, 2.45) is 0 Å². The van der Waals surface area contributed by atoms with Crippen LogP contribution in [0.5, 0.6) is 0 Å². The van der Waals surface area contributed by atoms with Crippen molar-refractivity contribution in [3.8, 4) is 0 Å². The van der Waals surface area contributed by atoms with E-state index in [4.69, 9.17) is 4.74 Å². The molecule has 6 heteroatoms. The quantitative estimate of drug-likeness (QED) is 0.561. The molecule has 144 valence electrons. The van der Waals surface area contributed by atoms with Crippen LogP contribution in [0.25, 0.3) is 0 Å². The maximum Gasteiger partial charge on any atom is 0.341 e. The molecule has 3 aromatic rings. The summed E-state index contributed by atoms with van der Waals surface area (Å²) in [6.45, 7) is 3.97. The zero-order valence-electron chi connectivity index (χ0n) is 15.6. The molecule has 0 aliphatic rings. The molecule has 0 aliphatic heterocycles. The summed E-state index contributed by atoms with van der Waals surface area (Å²) in [4.78, 5) is 25.8. The summed E-state index contributed by atoms with van der Waals surface area (Å²) in [6.07, 6.45) is 0. The normalized spacial score (nSPS) is 11.7. The topological polar surface area (TPSA) is 55.4 Å². The van der Waals surface area contributed by atoms with Crippen molar-refractivity contribution >= 4 is 28.2 Å². The number of halogens is 1. The summed E-state index contributed by atoms with van der Waals surface area (Å²) in [5, 5.41) is 3.02. The molecule has 0 saturated heterocycles. The molecule has 0 unspecified atom stereocenters. The minimum atomic E-state index is -0.618. The lowest BCUT2D eigenvalue weighted by Gasteiger charge is -2.09. The first-order chi connectivity index (χ1) is 13.5. The molecule has 1 amide bonds. The van der Waals surface area contributed by atoms with Crippen molar-refractivity contribution in [3.05, 3.63) is 88.0 Å². The van der Waals surface area contributed by atoms with Crippen molar-refractivity contribution < 1.29 is 18.7 Å². The van der Waals surface area contributed by atoms with E-state index in [1.54, 1.807) is 19.1 Å². The highest BCUT2D eigenvalue weighted by atomic mass is 32.1. The molecule has 0 spiro atoms. The van der Waals surface area contributed by atoms with E-state index in [9.17, 15) is 14.0 Å². The van der Waals surface area contributed by atoms with Crippen molar-refractivity contribution in [3.63, 3.8) is 0 Å².